The first-order valence-electron chi connectivity index (χ1n) is 8.96. The van der Waals surface area contributed by atoms with Crippen molar-refractivity contribution in [1.29, 1.82) is 0 Å². The topological polar surface area (TPSA) is 173 Å². The van der Waals surface area contributed by atoms with Gasteiger partial charge in [-0.05, 0) is 27.2 Å². The van der Waals surface area contributed by atoms with Crippen LogP contribution >= 0.6 is 11.6 Å². The molecule has 0 bridgehead atoms. The fourth-order valence-electron chi connectivity index (χ4n) is 0.537. The molecule has 0 amide bonds. The Bertz CT molecular complexity index is 508. The number of carbonyl (C=O) groups is 3. The normalized spacial score (nSPS) is 9.00. The molecule has 0 fully saturated rings. The highest BCUT2D eigenvalue weighted by molar-refractivity contribution is 6.25. The lowest BCUT2D eigenvalue weighted by Gasteiger charge is -2.24. The second kappa shape index (κ2) is 26.3. The van der Waals surface area contributed by atoms with E-state index in [1.165, 1.54) is 26.3 Å². The third-order valence-corrected chi connectivity index (χ3v) is 3.21. The zero-order chi connectivity index (χ0) is 26.9. The van der Waals surface area contributed by atoms with Gasteiger partial charge < -0.3 is 30.6 Å². The van der Waals surface area contributed by atoms with Crippen LogP contribution in [0.3, 0.4) is 0 Å². The predicted octanol–water partition coefficient (Wildman–Crippen LogP) is 3.23. The Hall–Kier alpha value is -2.72. The van der Waals surface area contributed by atoms with Gasteiger partial charge in [0.15, 0.2) is 0 Å². The van der Waals surface area contributed by atoms with Gasteiger partial charge in [-0.2, -0.15) is 0 Å². The van der Waals surface area contributed by atoms with Gasteiger partial charge in [0.1, 0.15) is 0 Å². The molecule has 32 heavy (non-hydrogen) atoms. The van der Waals surface area contributed by atoms with Crippen molar-refractivity contribution in [3.8, 4) is 0 Å². The third kappa shape index (κ3) is 34.8. The van der Waals surface area contributed by atoms with Crippen LogP contribution in [0.25, 0.3) is 0 Å². The van der Waals surface area contributed by atoms with Crippen LogP contribution in [0.4, 0.5) is 0 Å². The molecule has 0 aliphatic rings. The lowest BCUT2D eigenvalue weighted by molar-refractivity contribution is -0.133. The number of rotatable bonds is 8. The van der Waals surface area contributed by atoms with Gasteiger partial charge in [-0.25, -0.2) is 14.4 Å². The Morgan fingerprint density at radius 3 is 1.00 bits per heavy atom. The minimum atomic E-state index is -0.935. The van der Waals surface area contributed by atoms with E-state index in [4.69, 9.17) is 42.2 Å². The number of hydrogen-bond acceptors (Lipinski definition) is 6. The zero-order valence-corrected chi connectivity index (χ0v) is 19.9. The monoisotopic (exact) mass is 480 g/mol. The zero-order valence-electron chi connectivity index (χ0n) is 19.2. The Kier molecular flexibility index (Phi) is 32.7. The maximum atomic E-state index is 9.60. The van der Waals surface area contributed by atoms with Crippen molar-refractivity contribution in [2.75, 3.05) is 19.8 Å². The van der Waals surface area contributed by atoms with E-state index in [9.17, 15) is 14.4 Å². The average molecular weight is 481 g/mol. The molecular weight excluding hydrogens is 444 g/mol. The molecule has 0 aliphatic carbocycles. The van der Waals surface area contributed by atoms with Crippen molar-refractivity contribution in [2.24, 2.45) is 5.41 Å². The van der Waals surface area contributed by atoms with Gasteiger partial charge in [0.05, 0.1) is 19.8 Å². The van der Waals surface area contributed by atoms with E-state index in [2.05, 4.69) is 26.3 Å². The summed E-state index contributed by atoms with van der Waals surface area (Å²) in [6.45, 7) is 18.5. The van der Waals surface area contributed by atoms with Gasteiger partial charge in [0.25, 0.3) is 0 Å². The second-order valence-electron chi connectivity index (χ2n) is 6.14. The molecule has 0 saturated heterocycles. The van der Waals surface area contributed by atoms with E-state index in [1.807, 2.05) is 6.92 Å². The van der Waals surface area contributed by atoms with E-state index in [0.717, 1.165) is 0 Å². The molecule has 0 aromatic rings. The minimum absolute atomic E-state index is 0.156. The predicted molar refractivity (Wildman–Crippen MR) is 127 cm³/mol. The van der Waals surface area contributed by atoms with E-state index in [0.29, 0.717) is 6.42 Å². The fourth-order valence-corrected chi connectivity index (χ4v) is 0.640. The smallest absolute Gasteiger partial charge is 0.330 e. The summed E-state index contributed by atoms with van der Waals surface area (Å²) in [4.78, 5) is 28.8. The molecule has 0 rings (SSSR count). The summed E-state index contributed by atoms with van der Waals surface area (Å²) in [6, 6.07) is 0. The summed E-state index contributed by atoms with van der Waals surface area (Å²) in [7, 11) is 0. The summed E-state index contributed by atoms with van der Waals surface area (Å²) in [6.07, 6.45) is 3.87. The summed E-state index contributed by atoms with van der Waals surface area (Å²) >= 11 is 5.05. The van der Waals surface area contributed by atoms with E-state index < -0.39 is 23.3 Å². The molecule has 0 aliphatic heterocycles. The number of hydrogen-bond donors (Lipinski definition) is 6. The van der Waals surface area contributed by atoms with Crippen LogP contribution in [0, 0.1) is 5.41 Å². The summed E-state index contributed by atoms with van der Waals surface area (Å²) < 4.78 is 0. The van der Waals surface area contributed by atoms with Crippen molar-refractivity contribution in [1.82, 2.24) is 0 Å². The summed E-state index contributed by atoms with van der Waals surface area (Å²) in [5.74, 6) is -2.81. The number of aliphatic hydroxyl groups excluding tert-OH is 3. The number of carboxylic acids is 3. The molecule has 6 N–H and O–H groups in total. The molecule has 0 unspecified atom stereocenters. The third-order valence-electron chi connectivity index (χ3n) is 3.06. The minimum Gasteiger partial charge on any atom is -0.478 e. The quantitative estimate of drug-likeness (QED) is 0.225. The van der Waals surface area contributed by atoms with Crippen molar-refractivity contribution in [2.45, 2.75) is 34.1 Å². The Morgan fingerprint density at radius 1 is 0.781 bits per heavy atom. The number of aliphatic hydroxyl groups is 3. The van der Waals surface area contributed by atoms with Crippen LogP contribution in [-0.4, -0.2) is 68.4 Å². The number of allylic oxidation sites excluding steroid dienone is 2. The van der Waals surface area contributed by atoms with E-state index in [-0.39, 0.29) is 36.5 Å². The molecule has 9 nitrogen and oxygen atoms in total. The van der Waals surface area contributed by atoms with Crippen LogP contribution in [0.1, 0.15) is 34.1 Å². The standard InChI is InChI=1S/C6H14O3.C4H5Cl.3C4H6O2/c1-2-6(3-7,4-8)5-9;1-2-3-4-5;3*1-3(2)4(5)6/h7-9H,2-5H2,1H3;2-4H,1H2;3*1H2,2H3,(H,5,6). The van der Waals surface area contributed by atoms with Crippen LogP contribution in [0.5, 0.6) is 0 Å². The van der Waals surface area contributed by atoms with Gasteiger partial charge >= 0.3 is 17.9 Å². The molecule has 0 spiro atoms. The SMILES string of the molecule is C=C(C)C(=O)O.C=C(C)C(=O)O.C=C(C)C(=O)O.C=CC=CCl.CCC(CO)(CO)CO. The average Bonchev–Trinajstić information content (AvgIpc) is 2.72. The lowest BCUT2D eigenvalue weighted by Crippen LogP contribution is -2.32. The van der Waals surface area contributed by atoms with Crippen LogP contribution < -0.4 is 0 Å². The van der Waals surface area contributed by atoms with Crippen molar-refractivity contribution in [3.05, 3.63) is 60.7 Å². The number of aliphatic carboxylic acids is 3. The number of halogens is 1. The number of carboxylic acid groups (broad SMARTS) is 3. The molecular formula is C22H37ClO9. The summed E-state index contributed by atoms with van der Waals surface area (Å²) in [5, 5.41) is 49.6. The van der Waals surface area contributed by atoms with Gasteiger partial charge in [-0.3, -0.25) is 0 Å². The Labute approximate surface area is 195 Å². The molecule has 0 aromatic carbocycles. The van der Waals surface area contributed by atoms with Gasteiger partial charge in [0, 0.05) is 27.7 Å². The maximum absolute atomic E-state index is 9.60. The Balaban J connectivity index is -0.0000000966. The molecule has 0 radical (unpaired) electrons. The van der Waals surface area contributed by atoms with Crippen LogP contribution in [-0.2, 0) is 14.4 Å². The second-order valence-corrected chi connectivity index (χ2v) is 6.39. The van der Waals surface area contributed by atoms with Crippen LogP contribution in [0.2, 0.25) is 0 Å². The molecule has 0 saturated carbocycles. The van der Waals surface area contributed by atoms with Gasteiger partial charge in [-0.15, -0.1) is 0 Å². The van der Waals surface area contributed by atoms with E-state index in [1.54, 1.807) is 12.2 Å². The highest BCUT2D eigenvalue weighted by Gasteiger charge is 2.24. The first-order chi connectivity index (χ1) is 14.6. The van der Waals surface area contributed by atoms with Crippen molar-refractivity contribution < 1.29 is 45.0 Å². The largest absolute Gasteiger partial charge is 0.478 e. The van der Waals surface area contributed by atoms with Crippen molar-refractivity contribution >= 4 is 29.5 Å². The molecule has 186 valence electrons. The highest BCUT2D eigenvalue weighted by atomic mass is 35.5. The molecule has 10 heteroatoms. The lowest BCUT2D eigenvalue weighted by atomic mass is 9.88. The van der Waals surface area contributed by atoms with Gasteiger partial charge in [0.2, 0.25) is 0 Å². The fraction of sp³-hybridized carbons (Fsp3) is 0.409. The first kappa shape index (κ1) is 39.7. The summed E-state index contributed by atoms with van der Waals surface area (Å²) in [5.41, 5.74) is 1.27. The molecule has 0 aromatic heterocycles. The van der Waals surface area contributed by atoms with E-state index >= 15 is 0 Å². The highest BCUT2D eigenvalue weighted by Crippen LogP contribution is 2.18. The Morgan fingerprint density at radius 2 is 1.00 bits per heavy atom. The van der Waals surface area contributed by atoms with Crippen molar-refractivity contribution in [3.63, 3.8) is 0 Å². The maximum Gasteiger partial charge on any atom is 0.330 e. The molecule has 0 atom stereocenters. The van der Waals surface area contributed by atoms with Gasteiger partial charge in [-0.1, -0.05) is 57.0 Å². The molecule has 0 heterocycles. The first-order valence-corrected chi connectivity index (χ1v) is 9.39. The van der Waals surface area contributed by atoms with Crippen LogP contribution in [0.15, 0.2) is 60.7 Å².